The van der Waals surface area contributed by atoms with Crippen LogP contribution in [0.4, 0.5) is 19.0 Å². The number of pyridine rings is 1. The first kappa shape index (κ1) is 25.3. The zero-order valence-electron chi connectivity index (χ0n) is 19.6. The molecule has 0 unspecified atom stereocenters. The van der Waals surface area contributed by atoms with Gasteiger partial charge in [0.1, 0.15) is 5.82 Å². The first-order valence-corrected chi connectivity index (χ1v) is 11.2. The van der Waals surface area contributed by atoms with E-state index in [0.717, 1.165) is 30.7 Å². The van der Waals surface area contributed by atoms with Gasteiger partial charge in [-0.1, -0.05) is 24.6 Å². The zero-order chi connectivity index (χ0) is 24.9. The van der Waals surface area contributed by atoms with Crippen molar-refractivity contribution < 1.29 is 18.0 Å². The van der Waals surface area contributed by atoms with Crippen molar-refractivity contribution in [3.8, 4) is 0 Å². The molecule has 0 spiro atoms. The average Bonchev–Trinajstić information content (AvgIpc) is 2.81. The lowest BCUT2D eigenvalue weighted by Gasteiger charge is -2.40. The van der Waals surface area contributed by atoms with E-state index in [1.54, 1.807) is 13.3 Å². The summed E-state index contributed by atoms with van der Waals surface area (Å²) in [6, 6.07) is 7.81. The number of amides is 1. The number of carbonyl (C=O) groups is 1. The van der Waals surface area contributed by atoms with E-state index in [9.17, 15) is 18.0 Å². The summed E-state index contributed by atoms with van der Waals surface area (Å²) in [6.07, 6.45) is 1.26. The highest BCUT2D eigenvalue weighted by atomic mass is 19.4. The van der Waals surface area contributed by atoms with Gasteiger partial charge in [0.25, 0.3) is 5.91 Å². The number of carbonyl (C=O) groups excluding carboxylic acids is 1. The highest BCUT2D eigenvalue weighted by molar-refractivity contribution is 6.14. The number of alkyl halides is 3. The molecule has 1 aliphatic rings. The number of likely N-dealkylation sites (tertiary alicyclic amines) is 1. The van der Waals surface area contributed by atoms with Crippen LogP contribution in [0.15, 0.2) is 47.7 Å². The number of benzene rings is 1. The van der Waals surface area contributed by atoms with Crippen molar-refractivity contribution in [1.82, 2.24) is 9.88 Å². The number of aromatic nitrogens is 1. The van der Waals surface area contributed by atoms with E-state index >= 15 is 0 Å². The Morgan fingerprint density at radius 2 is 2.06 bits per heavy atom. The first-order valence-electron chi connectivity index (χ1n) is 11.2. The predicted octanol–water partition coefficient (Wildman–Crippen LogP) is 4.76. The number of halogens is 3. The Morgan fingerprint density at radius 3 is 2.68 bits per heavy atom. The zero-order valence-corrected chi connectivity index (χ0v) is 19.6. The van der Waals surface area contributed by atoms with Crippen molar-refractivity contribution >= 4 is 23.5 Å². The number of hydrogen-bond donors (Lipinski definition) is 2. The van der Waals surface area contributed by atoms with Crippen LogP contribution in [0.3, 0.4) is 0 Å². The Morgan fingerprint density at radius 1 is 1.29 bits per heavy atom. The van der Waals surface area contributed by atoms with Gasteiger partial charge >= 0.3 is 6.18 Å². The van der Waals surface area contributed by atoms with E-state index in [4.69, 9.17) is 5.73 Å². The van der Waals surface area contributed by atoms with Crippen molar-refractivity contribution in [2.45, 2.75) is 38.9 Å². The van der Waals surface area contributed by atoms with Gasteiger partial charge in [0.15, 0.2) is 0 Å². The third-order valence-electron chi connectivity index (χ3n) is 6.12. The summed E-state index contributed by atoms with van der Waals surface area (Å²) < 4.78 is 38.4. The second kappa shape index (κ2) is 10.7. The van der Waals surface area contributed by atoms with Crippen molar-refractivity contribution in [2.24, 2.45) is 16.6 Å². The SMILES string of the molecule is CN=CC(=CN)c1ccc(C)cc1C(=O)N1CCC[C@@H](C)[C@H]1CNc1ccc(C(F)(F)F)cn1. The molecule has 0 bridgehead atoms. The Hall–Kier alpha value is -3.36. The van der Waals surface area contributed by atoms with Crippen molar-refractivity contribution in [1.29, 1.82) is 0 Å². The minimum atomic E-state index is -4.43. The third-order valence-corrected chi connectivity index (χ3v) is 6.12. The Balaban J connectivity index is 1.85. The van der Waals surface area contributed by atoms with Gasteiger partial charge in [-0.05, 0) is 49.4 Å². The first-order chi connectivity index (χ1) is 16.2. The second-order valence-electron chi connectivity index (χ2n) is 8.55. The summed E-state index contributed by atoms with van der Waals surface area (Å²) >= 11 is 0. The van der Waals surface area contributed by atoms with Crippen molar-refractivity contribution in [3.63, 3.8) is 0 Å². The summed E-state index contributed by atoms with van der Waals surface area (Å²) in [4.78, 5) is 23.5. The van der Waals surface area contributed by atoms with Crippen LogP contribution >= 0.6 is 0 Å². The lowest BCUT2D eigenvalue weighted by Crippen LogP contribution is -2.51. The summed E-state index contributed by atoms with van der Waals surface area (Å²) in [5, 5.41) is 3.12. The molecule has 2 heterocycles. The molecule has 0 aliphatic carbocycles. The van der Waals surface area contributed by atoms with Gasteiger partial charge in [0.2, 0.25) is 0 Å². The molecule has 3 rings (SSSR count). The second-order valence-corrected chi connectivity index (χ2v) is 8.55. The summed E-state index contributed by atoms with van der Waals surface area (Å²) in [7, 11) is 1.64. The van der Waals surface area contributed by atoms with Crippen molar-refractivity contribution in [2.75, 3.05) is 25.5 Å². The van der Waals surface area contributed by atoms with E-state index in [2.05, 4.69) is 22.2 Å². The number of piperidine rings is 1. The highest BCUT2D eigenvalue weighted by Crippen LogP contribution is 2.30. The fourth-order valence-corrected chi connectivity index (χ4v) is 4.27. The lowest BCUT2D eigenvalue weighted by molar-refractivity contribution is -0.137. The van der Waals surface area contributed by atoms with E-state index in [1.807, 2.05) is 30.0 Å². The summed E-state index contributed by atoms with van der Waals surface area (Å²) in [5.41, 5.74) is 7.86. The van der Waals surface area contributed by atoms with E-state index in [0.29, 0.717) is 35.6 Å². The molecule has 182 valence electrons. The Labute approximate surface area is 197 Å². The van der Waals surface area contributed by atoms with Crippen molar-refractivity contribution in [3.05, 3.63) is 65.0 Å². The van der Waals surface area contributed by atoms with Crippen LogP contribution in [-0.4, -0.2) is 48.2 Å². The molecule has 0 radical (unpaired) electrons. The number of allylic oxidation sites excluding steroid dienone is 1. The summed E-state index contributed by atoms with van der Waals surface area (Å²) in [5.74, 6) is 0.429. The van der Waals surface area contributed by atoms with Gasteiger partial charge in [-0.3, -0.25) is 9.79 Å². The van der Waals surface area contributed by atoms with Crippen LogP contribution in [0, 0.1) is 12.8 Å². The molecular formula is C25H30F3N5O. The van der Waals surface area contributed by atoms with E-state index in [1.165, 1.54) is 12.3 Å². The number of aliphatic imine (C=N–C) groups is 1. The standard InChI is InChI=1S/C25H30F3N5O/c1-16-6-8-20(18(12-29)13-30-3)21(11-16)24(34)33-10-4-5-17(2)22(33)15-32-23-9-7-19(14-31-23)25(26,27)28/h6-9,11-14,17,22H,4-5,10,15,29H2,1-3H3,(H,31,32)/t17-,22-/m1/s1. The molecular weight excluding hydrogens is 443 g/mol. The maximum Gasteiger partial charge on any atom is 0.417 e. The van der Waals surface area contributed by atoms with Crippen LogP contribution < -0.4 is 11.1 Å². The molecule has 6 nitrogen and oxygen atoms in total. The van der Waals surface area contributed by atoms with Crippen LogP contribution in [0.1, 0.15) is 46.8 Å². The number of nitrogens with two attached hydrogens (primary N) is 1. The maximum absolute atomic E-state index is 13.8. The van der Waals surface area contributed by atoms with Gasteiger partial charge in [-0.25, -0.2) is 4.98 Å². The molecule has 9 heteroatoms. The number of aryl methyl sites for hydroxylation is 1. The number of rotatable bonds is 6. The van der Waals surface area contributed by atoms with Crippen LogP contribution in [-0.2, 0) is 6.18 Å². The van der Waals surface area contributed by atoms with Gasteiger partial charge in [0, 0.05) is 49.9 Å². The van der Waals surface area contributed by atoms with E-state index < -0.39 is 11.7 Å². The Bertz CT molecular complexity index is 1060. The van der Waals surface area contributed by atoms with Crippen LogP contribution in [0.5, 0.6) is 0 Å². The number of anilines is 1. The molecule has 1 amide bonds. The lowest BCUT2D eigenvalue weighted by atomic mass is 9.89. The molecule has 2 aromatic rings. The molecule has 1 aliphatic heterocycles. The van der Waals surface area contributed by atoms with Crippen LogP contribution in [0.2, 0.25) is 0 Å². The summed E-state index contributed by atoms with van der Waals surface area (Å²) in [6.45, 7) is 4.97. The number of hydrogen-bond acceptors (Lipinski definition) is 5. The van der Waals surface area contributed by atoms with Gasteiger partial charge in [-0.2, -0.15) is 13.2 Å². The quantitative estimate of drug-likeness (QED) is 0.593. The van der Waals surface area contributed by atoms with Gasteiger partial charge < -0.3 is 16.0 Å². The molecule has 0 saturated carbocycles. The predicted molar refractivity (Wildman–Crippen MR) is 129 cm³/mol. The average molecular weight is 474 g/mol. The monoisotopic (exact) mass is 473 g/mol. The fourth-order valence-electron chi connectivity index (χ4n) is 4.27. The fraction of sp³-hybridized carbons (Fsp3) is 0.400. The molecule has 3 N–H and O–H groups in total. The number of nitrogens with zero attached hydrogens (tertiary/aromatic N) is 3. The highest BCUT2D eigenvalue weighted by Gasteiger charge is 2.34. The maximum atomic E-state index is 13.8. The Kier molecular flexibility index (Phi) is 7.96. The molecule has 1 aromatic carbocycles. The minimum Gasteiger partial charge on any atom is -0.404 e. The van der Waals surface area contributed by atoms with Gasteiger partial charge in [0.05, 0.1) is 11.6 Å². The molecule has 1 aromatic heterocycles. The normalized spacial score (nSPS) is 19.5. The molecule has 1 fully saturated rings. The van der Waals surface area contributed by atoms with Crippen LogP contribution in [0.25, 0.3) is 5.57 Å². The molecule has 1 saturated heterocycles. The minimum absolute atomic E-state index is 0.110. The van der Waals surface area contributed by atoms with Gasteiger partial charge in [-0.15, -0.1) is 0 Å². The third kappa shape index (κ3) is 5.76. The number of nitrogens with one attached hydrogen (secondary N) is 1. The molecule has 34 heavy (non-hydrogen) atoms. The van der Waals surface area contributed by atoms with E-state index in [-0.39, 0.29) is 17.9 Å². The topological polar surface area (TPSA) is 83.6 Å². The largest absolute Gasteiger partial charge is 0.417 e. The smallest absolute Gasteiger partial charge is 0.404 e. The molecule has 2 atom stereocenters.